The summed E-state index contributed by atoms with van der Waals surface area (Å²) in [4.78, 5) is 51.1. The number of nitrogens with two attached hydrogens (primary N) is 1. The summed E-state index contributed by atoms with van der Waals surface area (Å²) in [5.74, 6) is -1.52. The second kappa shape index (κ2) is 30.0. The SMILES string of the molecule is CN(CCCC(=O)NCCOCCOCCOCCC(=O)NCC(=O)Nc1ccc(CC[N+]23CC[N+](CC(N)=O)(CC2)CC3)cc1)S(=O)(=O)c1ccc2c(c1)C(C)(C)\C(=C/C=C/C=C/C=C/C1=[N+](C)c3ccccc3C1(C)C)N2CCCS(=O)(=O)O. The van der Waals surface area contributed by atoms with Gasteiger partial charge in [-0.25, -0.2) is 12.7 Å². The number of ether oxygens (including phenoxy) is 3. The highest BCUT2D eigenvalue weighted by atomic mass is 32.2. The molecule has 468 valence electrons. The second-order valence-electron chi connectivity index (χ2n) is 23.9. The summed E-state index contributed by atoms with van der Waals surface area (Å²) >= 11 is 0. The number of fused-ring (bicyclic) bond motifs is 5. The molecule has 21 nitrogen and oxygen atoms in total. The van der Waals surface area contributed by atoms with Crippen molar-refractivity contribution in [2.75, 3.05) is 148 Å². The van der Waals surface area contributed by atoms with Gasteiger partial charge in [-0.3, -0.25) is 23.7 Å². The van der Waals surface area contributed by atoms with Gasteiger partial charge in [0.1, 0.15) is 46.3 Å². The molecule has 0 atom stereocenters. The van der Waals surface area contributed by atoms with Gasteiger partial charge in [-0.15, -0.1) is 0 Å². The molecule has 3 aromatic rings. The molecule has 4 amide bonds. The number of quaternary nitrogens is 2. The molecule has 0 spiro atoms. The maximum absolute atomic E-state index is 13.9. The minimum absolute atomic E-state index is 0.0877. The van der Waals surface area contributed by atoms with Crippen LogP contribution in [0.25, 0.3) is 0 Å². The highest BCUT2D eigenvalue weighted by Crippen LogP contribution is 2.49. The van der Waals surface area contributed by atoms with Crippen LogP contribution in [0.15, 0.2) is 120 Å². The molecule has 0 aliphatic carbocycles. The van der Waals surface area contributed by atoms with E-state index in [1.807, 2.05) is 85.5 Å². The van der Waals surface area contributed by atoms with Crippen molar-refractivity contribution in [3.8, 4) is 0 Å². The predicted octanol–water partition coefficient (Wildman–Crippen LogP) is 4.72. The molecule has 5 heterocycles. The largest absolute Gasteiger partial charge is 0.379 e. The quantitative estimate of drug-likeness (QED) is 0.0179. The fourth-order valence-electron chi connectivity index (χ4n) is 12.0. The first-order valence-electron chi connectivity index (χ1n) is 29.8. The third-order valence-electron chi connectivity index (χ3n) is 17.1. The first kappa shape index (κ1) is 67.1. The van der Waals surface area contributed by atoms with Crippen molar-refractivity contribution in [2.24, 2.45) is 5.73 Å². The van der Waals surface area contributed by atoms with Crippen molar-refractivity contribution in [2.45, 2.75) is 75.5 Å². The number of hydrogen-bond donors (Lipinski definition) is 5. The van der Waals surface area contributed by atoms with Crippen LogP contribution in [0.2, 0.25) is 0 Å². The van der Waals surface area contributed by atoms with Crippen LogP contribution in [0.4, 0.5) is 17.1 Å². The van der Waals surface area contributed by atoms with E-state index in [1.54, 1.807) is 18.2 Å². The van der Waals surface area contributed by atoms with Gasteiger partial charge in [0.25, 0.3) is 16.0 Å². The van der Waals surface area contributed by atoms with E-state index in [1.165, 1.54) is 33.9 Å². The number of piperazine rings is 3. The summed E-state index contributed by atoms with van der Waals surface area (Å²) in [7, 11) is -4.60. The first-order valence-corrected chi connectivity index (χ1v) is 32.8. The molecule has 5 aliphatic rings. The van der Waals surface area contributed by atoms with Crippen molar-refractivity contribution < 1.29 is 68.3 Å². The number of carbonyl (C=O) groups is 4. The maximum Gasteiger partial charge on any atom is 0.272 e. The Hall–Kier alpha value is -6.41. The number of hydrogen-bond acceptors (Lipinski definition) is 12. The van der Waals surface area contributed by atoms with E-state index in [0.717, 1.165) is 78.1 Å². The van der Waals surface area contributed by atoms with Gasteiger partial charge in [0.15, 0.2) is 12.3 Å². The van der Waals surface area contributed by atoms with Crippen LogP contribution in [0.3, 0.4) is 0 Å². The standard InChI is InChI=1S/C63H87N9O12S2/c1-62(2)52-16-12-13-17-54(52)69(6)56(62)18-10-8-7-9-11-19-57-63(3,4)53-46-51(25-26-55(53)70(57)31-15-45-85(77,78)79)86(80,81)68(5)30-14-20-59(74)65-29-40-83-42-44-84-43-41-82-39-28-60(75)66-47-61(76)67-50-23-21-49(22-24-50)27-32-71-33-36-72(37-34-71,38-35-71)48-58(64)73/h7-13,16-19,21-26,46H,14-15,20,27-45,47-48H2,1-6H3,(H3-3,64,65,66,67,73,74,75,76,77,78,79)/p+3. The van der Waals surface area contributed by atoms with Crippen LogP contribution >= 0.6 is 0 Å². The van der Waals surface area contributed by atoms with Gasteiger partial charge < -0.3 is 49.8 Å². The Kier molecular flexibility index (Phi) is 23.4. The van der Waals surface area contributed by atoms with Gasteiger partial charge in [0.2, 0.25) is 33.4 Å². The van der Waals surface area contributed by atoms with E-state index < -0.39 is 31.3 Å². The molecule has 0 unspecified atom stereocenters. The average molecular weight is 1230 g/mol. The molecule has 0 aromatic heterocycles. The summed E-state index contributed by atoms with van der Waals surface area (Å²) in [6.45, 7) is 18.1. The summed E-state index contributed by atoms with van der Waals surface area (Å²) in [5, 5.41) is 8.24. The van der Waals surface area contributed by atoms with Crippen molar-refractivity contribution in [3.05, 3.63) is 132 Å². The number of allylic oxidation sites excluding steroid dienone is 8. The second-order valence-corrected chi connectivity index (χ2v) is 27.5. The molecule has 0 saturated carbocycles. The van der Waals surface area contributed by atoms with Gasteiger partial charge in [0, 0.05) is 86.1 Å². The number of para-hydroxylation sites is 1. The zero-order valence-corrected chi connectivity index (χ0v) is 52.6. The number of sulfonamides is 1. The maximum atomic E-state index is 13.9. The van der Waals surface area contributed by atoms with Crippen LogP contribution in [-0.4, -0.2) is 207 Å². The Morgan fingerprint density at radius 2 is 1.36 bits per heavy atom. The molecule has 8 rings (SSSR count). The fourth-order valence-corrected chi connectivity index (χ4v) is 13.7. The topological polar surface area (TPSA) is 256 Å². The zero-order chi connectivity index (χ0) is 62.2. The predicted molar refractivity (Wildman–Crippen MR) is 333 cm³/mol. The number of amides is 4. The third-order valence-corrected chi connectivity index (χ3v) is 19.8. The van der Waals surface area contributed by atoms with Gasteiger partial charge in [-0.05, 0) is 74.2 Å². The molecular weight excluding hydrogens is 1140 g/mol. The van der Waals surface area contributed by atoms with E-state index in [4.69, 9.17) is 19.9 Å². The van der Waals surface area contributed by atoms with Crippen LogP contribution in [0, 0.1) is 0 Å². The van der Waals surface area contributed by atoms with E-state index in [-0.39, 0.29) is 106 Å². The number of nitrogens with one attached hydrogen (secondary N) is 3. The van der Waals surface area contributed by atoms with Gasteiger partial charge in [-0.1, -0.05) is 74.6 Å². The van der Waals surface area contributed by atoms with E-state index in [9.17, 15) is 40.6 Å². The number of rotatable bonds is 34. The number of primary amides is 1. The third kappa shape index (κ3) is 18.1. The lowest BCUT2D eigenvalue weighted by Gasteiger charge is -2.55. The minimum Gasteiger partial charge on any atom is -0.379 e. The first-order chi connectivity index (χ1) is 40.8. The van der Waals surface area contributed by atoms with Crippen molar-refractivity contribution >= 4 is 66.5 Å². The Morgan fingerprint density at radius 1 is 0.733 bits per heavy atom. The Labute approximate surface area is 508 Å². The Bertz CT molecular complexity index is 3260. The van der Waals surface area contributed by atoms with Crippen LogP contribution in [0.5, 0.6) is 0 Å². The minimum atomic E-state index is -4.20. The molecule has 3 fully saturated rings. The number of carbonyl (C=O) groups excluding carboxylic acids is 4. The van der Waals surface area contributed by atoms with Crippen LogP contribution in [-0.2, 0) is 70.8 Å². The summed E-state index contributed by atoms with van der Waals surface area (Å²) < 4.78 is 82.7. The summed E-state index contributed by atoms with van der Waals surface area (Å²) in [5.41, 5.74) is 12.5. The molecule has 6 N–H and O–H groups in total. The smallest absolute Gasteiger partial charge is 0.272 e. The lowest BCUT2D eigenvalue weighted by atomic mass is 9.81. The lowest BCUT2D eigenvalue weighted by Crippen LogP contribution is -2.76. The van der Waals surface area contributed by atoms with Crippen LogP contribution < -0.4 is 26.6 Å². The molecule has 23 heteroatoms. The van der Waals surface area contributed by atoms with Gasteiger partial charge in [0.05, 0.1) is 68.8 Å². The molecule has 2 bridgehead atoms. The average Bonchev–Trinajstić information content (AvgIpc) is 1.55. The van der Waals surface area contributed by atoms with E-state index in [2.05, 4.69) is 65.7 Å². The van der Waals surface area contributed by atoms with Gasteiger partial charge in [-0.2, -0.15) is 13.0 Å². The fraction of sp³-hybridized carbons (Fsp3) is 0.508. The monoisotopic (exact) mass is 1230 g/mol. The van der Waals surface area contributed by atoms with Crippen molar-refractivity contribution in [1.29, 1.82) is 0 Å². The van der Waals surface area contributed by atoms with Crippen molar-refractivity contribution in [1.82, 2.24) is 14.9 Å². The van der Waals surface area contributed by atoms with E-state index in [0.29, 0.717) is 32.1 Å². The van der Waals surface area contributed by atoms with Gasteiger partial charge >= 0.3 is 0 Å². The summed E-state index contributed by atoms with van der Waals surface area (Å²) in [6.07, 6.45) is 15.3. The van der Waals surface area contributed by atoms with Crippen LogP contribution in [0.1, 0.15) is 70.1 Å². The molecule has 0 radical (unpaired) electrons. The number of anilines is 2. The molecule has 3 aromatic carbocycles. The summed E-state index contributed by atoms with van der Waals surface area (Å²) in [6, 6.07) is 21.1. The Morgan fingerprint density at radius 3 is 2.03 bits per heavy atom. The highest BCUT2D eigenvalue weighted by molar-refractivity contribution is 7.89. The normalized spacial score (nSPS) is 20.2. The molecule has 5 aliphatic heterocycles. The molecular formula is C63H90N9O12S2+3. The van der Waals surface area contributed by atoms with Crippen molar-refractivity contribution in [3.63, 3.8) is 0 Å². The Balaban J connectivity index is 0.730. The molecule has 86 heavy (non-hydrogen) atoms. The van der Waals surface area contributed by atoms with E-state index >= 15 is 0 Å². The lowest BCUT2D eigenvalue weighted by molar-refractivity contribution is -1.08. The highest BCUT2D eigenvalue weighted by Gasteiger charge is 2.49. The number of nitrogens with zero attached hydrogens (tertiary/aromatic N) is 5. The zero-order valence-electron chi connectivity index (χ0n) is 50.9. The molecule has 3 saturated heterocycles. The number of benzene rings is 3.